The Balaban J connectivity index is 2.28. The van der Waals surface area contributed by atoms with Gasteiger partial charge in [0.15, 0.2) is 0 Å². The van der Waals surface area contributed by atoms with E-state index in [0.717, 1.165) is 0 Å². The van der Waals surface area contributed by atoms with Gasteiger partial charge in [-0.3, -0.25) is 0 Å². The monoisotopic (exact) mass is 374 g/mol. The Morgan fingerprint density at radius 3 is 2.28 bits per heavy atom. The first kappa shape index (κ1) is 13.7. The largest absolute Gasteiger partial charge is 0.207 e. The van der Waals surface area contributed by atoms with Gasteiger partial charge in [0.05, 0.1) is 0 Å². The predicted molar refractivity (Wildman–Crippen MR) is 75.9 cm³/mol. The lowest BCUT2D eigenvalue weighted by Gasteiger charge is -2.13. The van der Waals surface area contributed by atoms with E-state index in [-0.39, 0.29) is 16.5 Å². The molecule has 0 spiro atoms. The SMILES string of the molecule is Fc1ccccc1CC(Br)c1c(F)cccc1Br. The van der Waals surface area contributed by atoms with Gasteiger partial charge in [0.25, 0.3) is 0 Å². The lowest BCUT2D eigenvalue weighted by atomic mass is 10.0. The summed E-state index contributed by atoms with van der Waals surface area (Å²) in [6, 6.07) is 11.3. The molecule has 1 unspecified atom stereocenters. The molecule has 2 aromatic rings. The van der Waals surface area contributed by atoms with Gasteiger partial charge in [-0.15, -0.1) is 0 Å². The van der Waals surface area contributed by atoms with Gasteiger partial charge in [-0.25, -0.2) is 8.78 Å². The maximum atomic E-state index is 13.8. The zero-order valence-corrected chi connectivity index (χ0v) is 12.5. The molecular formula is C14H10Br2F2. The highest BCUT2D eigenvalue weighted by Crippen LogP contribution is 2.34. The van der Waals surface area contributed by atoms with Crippen LogP contribution in [-0.2, 0) is 6.42 Å². The maximum absolute atomic E-state index is 13.8. The first-order chi connectivity index (χ1) is 8.59. The highest BCUT2D eigenvalue weighted by atomic mass is 79.9. The number of benzene rings is 2. The van der Waals surface area contributed by atoms with Crippen LogP contribution in [0.3, 0.4) is 0 Å². The average Bonchev–Trinajstić information content (AvgIpc) is 2.32. The van der Waals surface area contributed by atoms with Gasteiger partial charge in [-0.1, -0.05) is 56.1 Å². The van der Waals surface area contributed by atoms with E-state index in [1.54, 1.807) is 30.3 Å². The van der Waals surface area contributed by atoms with Gasteiger partial charge in [0.1, 0.15) is 11.6 Å². The molecule has 4 heteroatoms. The Bertz CT molecular complexity index is 535. The van der Waals surface area contributed by atoms with Crippen molar-refractivity contribution in [1.82, 2.24) is 0 Å². The summed E-state index contributed by atoms with van der Waals surface area (Å²) in [6.45, 7) is 0. The fourth-order valence-electron chi connectivity index (χ4n) is 1.77. The number of hydrogen-bond acceptors (Lipinski definition) is 0. The van der Waals surface area contributed by atoms with Crippen LogP contribution in [0.2, 0.25) is 0 Å². The molecular weight excluding hydrogens is 366 g/mol. The van der Waals surface area contributed by atoms with Gasteiger partial charge in [0, 0.05) is 14.9 Å². The van der Waals surface area contributed by atoms with Gasteiger partial charge in [-0.2, -0.15) is 0 Å². The van der Waals surface area contributed by atoms with E-state index in [1.165, 1.54) is 12.1 Å². The van der Waals surface area contributed by atoms with Crippen molar-refractivity contribution in [2.75, 3.05) is 0 Å². The zero-order valence-electron chi connectivity index (χ0n) is 9.34. The Morgan fingerprint density at radius 2 is 1.61 bits per heavy atom. The van der Waals surface area contributed by atoms with Gasteiger partial charge < -0.3 is 0 Å². The summed E-state index contributed by atoms with van der Waals surface area (Å²) in [7, 11) is 0. The van der Waals surface area contributed by atoms with Crippen LogP contribution < -0.4 is 0 Å². The minimum absolute atomic E-state index is 0.269. The van der Waals surface area contributed by atoms with Crippen LogP contribution in [0.25, 0.3) is 0 Å². The van der Waals surface area contributed by atoms with E-state index in [9.17, 15) is 8.78 Å². The van der Waals surface area contributed by atoms with E-state index in [0.29, 0.717) is 22.0 Å². The normalized spacial score (nSPS) is 12.4. The minimum Gasteiger partial charge on any atom is -0.207 e. The van der Waals surface area contributed by atoms with Crippen LogP contribution in [0, 0.1) is 11.6 Å². The number of rotatable bonds is 3. The third-order valence-corrected chi connectivity index (χ3v) is 4.14. The zero-order chi connectivity index (χ0) is 13.1. The molecule has 18 heavy (non-hydrogen) atoms. The van der Waals surface area contributed by atoms with Crippen LogP contribution in [0.4, 0.5) is 8.78 Å². The summed E-state index contributed by atoms with van der Waals surface area (Å²) < 4.78 is 28.0. The second kappa shape index (κ2) is 5.93. The van der Waals surface area contributed by atoms with Crippen molar-refractivity contribution >= 4 is 31.9 Å². The molecule has 2 rings (SSSR count). The Morgan fingerprint density at radius 1 is 0.944 bits per heavy atom. The Hall–Kier alpha value is -0.740. The maximum Gasteiger partial charge on any atom is 0.128 e. The van der Waals surface area contributed by atoms with Crippen LogP contribution in [0.1, 0.15) is 16.0 Å². The summed E-state index contributed by atoms with van der Waals surface area (Å²) in [5.41, 5.74) is 1.08. The predicted octanol–water partition coefficient (Wildman–Crippen LogP) is 5.41. The molecule has 0 saturated heterocycles. The third kappa shape index (κ3) is 2.98. The fourth-order valence-corrected chi connectivity index (χ4v) is 3.51. The number of alkyl halides is 1. The van der Waals surface area contributed by atoms with E-state index < -0.39 is 0 Å². The highest BCUT2D eigenvalue weighted by molar-refractivity contribution is 9.11. The summed E-state index contributed by atoms with van der Waals surface area (Å²) in [4.78, 5) is -0.273. The molecule has 2 aromatic carbocycles. The topological polar surface area (TPSA) is 0 Å². The second-order valence-electron chi connectivity index (χ2n) is 3.90. The molecule has 0 aliphatic heterocycles. The number of hydrogen-bond donors (Lipinski definition) is 0. The molecule has 0 aliphatic carbocycles. The van der Waals surface area contributed by atoms with E-state index in [4.69, 9.17) is 0 Å². The molecule has 0 radical (unpaired) electrons. The lowest BCUT2D eigenvalue weighted by molar-refractivity contribution is 0.593. The molecule has 0 saturated carbocycles. The van der Waals surface area contributed by atoms with Gasteiger partial charge >= 0.3 is 0 Å². The van der Waals surface area contributed by atoms with Crippen molar-refractivity contribution < 1.29 is 8.78 Å². The van der Waals surface area contributed by atoms with Crippen LogP contribution in [0.5, 0.6) is 0 Å². The molecule has 0 nitrogen and oxygen atoms in total. The van der Waals surface area contributed by atoms with E-state index in [2.05, 4.69) is 31.9 Å². The summed E-state index contributed by atoms with van der Waals surface area (Å²) in [5, 5.41) is 0. The van der Waals surface area contributed by atoms with Crippen molar-refractivity contribution in [2.24, 2.45) is 0 Å². The first-order valence-corrected chi connectivity index (χ1v) is 7.12. The van der Waals surface area contributed by atoms with Gasteiger partial charge in [-0.05, 0) is 30.2 Å². The highest BCUT2D eigenvalue weighted by Gasteiger charge is 2.17. The molecule has 0 fully saturated rings. The fraction of sp³-hybridized carbons (Fsp3) is 0.143. The minimum atomic E-state index is -0.303. The summed E-state index contributed by atoms with van der Waals surface area (Å²) >= 11 is 6.74. The Kier molecular flexibility index (Phi) is 4.51. The molecule has 0 amide bonds. The van der Waals surface area contributed by atoms with Crippen LogP contribution in [-0.4, -0.2) is 0 Å². The van der Waals surface area contributed by atoms with E-state index in [1.807, 2.05) is 0 Å². The second-order valence-corrected chi connectivity index (χ2v) is 5.86. The average molecular weight is 376 g/mol. The Labute approximate surface area is 121 Å². The molecule has 0 heterocycles. The molecule has 0 N–H and O–H groups in total. The molecule has 0 aliphatic rings. The molecule has 0 aromatic heterocycles. The molecule has 94 valence electrons. The quantitative estimate of drug-likeness (QED) is 0.629. The third-order valence-electron chi connectivity index (χ3n) is 2.67. The number of halogens is 4. The summed E-state index contributed by atoms with van der Waals surface area (Å²) in [6.07, 6.45) is 0.395. The standard InChI is InChI=1S/C14H10Br2F2/c15-10-5-3-7-13(18)14(10)11(16)8-9-4-1-2-6-12(9)17/h1-7,11H,8H2. The van der Waals surface area contributed by atoms with Crippen molar-refractivity contribution in [3.63, 3.8) is 0 Å². The first-order valence-electron chi connectivity index (χ1n) is 5.41. The molecule has 0 bridgehead atoms. The van der Waals surface area contributed by atoms with Crippen molar-refractivity contribution in [2.45, 2.75) is 11.2 Å². The smallest absolute Gasteiger partial charge is 0.128 e. The molecule has 1 atom stereocenters. The lowest BCUT2D eigenvalue weighted by Crippen LogP contribution is -2.01. The van der Waals surface area contributed by atoms with E-state index >= 15 is 0 Å². The van der Waals surface area contributed by atoms with Gasteiger partial charge in [0.2, 0.25) is 0 Å². The van der Waals surface area contributed by atoms with Crippen molar-refractivity contribution in [1.29, 1.82) is 0 Å². The van der Waals surface area contributed by atoms with Crippen molar-refractivity contribution in [3.05, 3.63) is 69.7 Å². The van der Waals surface area contributed by atoms with Crippen LogP contribution in [0.15, 0.2) is 46.9 Å². The summed E-state index contributed by atoms with van der Waals surface area (Å²) in [5.74, 6) is -0.572. The van der Waals surface area contributed by atoms with Crippen LogP contribution >= 0.6 is 31.9 Å². The van der Waals surface area contributed by atoms with Crippen molar-refractivity contribution in [3.8, 4) is 0 Å².